The molecule has 1 aromatic carbocycles. The molecule has 0 fully saturated rings. The van der Waals surface area contributed by atoms with Crippen LogP contribution in [-0.4, -0.2) is 9.97 Å². The van der Waals surface area contributed by atoms with Crippen LogP contribution in [0.3, 0.4) is 0 Å². The molecule has 7 rings (SSSR count). The minimum Gasteiger partial charge on any atom is -0.257 e. The first-order chi connectivity index (χ1) is 16.8. The van der Waals surface area contributed by atoms with Gasteiger partial charge in [0.05, 0.1) is 0 Å². The van der Waals surface area contributed by atoms with Crippen molar-refractivity contribution < 1.29 is 0 Å². The van der Waals surface area contributed by atoms with E-state index in [4.69, 9.17) is 9.97 Å². The van der Waals surface area contributed by atoms with E-state index in [1.165, 1.54) is 133 Å². The highest BCUT2D eigenvalue weighted by atomic mass is 14.7. The topological polar surface area (TPSA) is 25.8 Å². The molecule has 2 heterocycles. The van der Waals surface area contributed by atoms with Crippen LogP contribution < -0.4 is 0 Å². The number of aromatic nitrogens is 2. The normalized spacial score (nSPS) is 23.4. The largest absolute Gasteiger partial charge is 0.257 e. The molecule has 34 heavy (non-hydrogen) atoms. The van der Waals surface area contributed by atoms with Crippen molar-refractivity contribution in [2.24, 2.45) is 0 Å². The Labute approximate surface area is 204 Å². The van der Waals surface area contributed by atoms with Gasteiger partial charge in [-0.1, -0.05) is 36.4 Å². The van der Waals surface area contributed by atoms with Crippen LogP contribution >= 0.6 is 0 Å². The highest BCUT2D eigenvalue weighted by Crippen LogP contribution is 2.41. The first-order valence-corrected chi connectivity index (χ1v) is 14.0. The molecule has 4 aliphatic carbocycles. The van der Waals surface area contributed by atoms with E-state index in [1.54, 1.807) is 0 Å². The lowest BCUT2D eigenvalue weighted by molar-refractivity contribution is 0.581. The zero-order valence-electron chi connectivity index (χ0n) is 20.4. The van der Waals surface area contributed by atoms with E-state index in [0.717, 1.165) is 12.8 Å². The maximum absolute atomic E-state index is 5.17. The zero-order valence-corrected chi connectivity index (χ0v) is 20.4. The molecule has 0 spiro atoms. The van der Waals surface area contributed by atoms with Gasteiger partial charge < -0.3 is 0 Å². The molecule has 0 aliphatic heterocycles. The summed E-state index contributed by atoms with van der Waals surface area (Å²) in [4.78, 5) is 10.3. The molecule has 0 amide bonds. The van der Waals surface area contributed by atoms with Crippen molar-refractivity contribution in [2.45, 2.75) is 102 Å². The fraction of sp³-hybridized carbons (Fsp3) is 0.500. The Hall–Kier alpha value is -2.48. The summed E-state index contributed by atoms with van der Waals surface area (Å²) in [7, 11) is 0. The molecular weight excluding hydrogens is 412 g/mol. The van der Waals surface area contributed by atoms with Crippen LogP contribution in [0.2, 0.25) is 0 Å². The molecule has 0 radical (unpaired) electrons. The summed E-state index contributed by atoms with van der Waals surface area (Å²) < 4.78 is 0. The van der Waals surface area contributed by atoms with E-state index in [0.29, 0.717) is 11.8 Å². The van der Waals surface area contributed by atoms with Gasteiger partial charge in [-0.15, -0.1) is 0 Å². The van der Waals surface area contributed by atoms with Crippen LogP contribution in [-0.2, 0) is 38.5 Å². The molecule has 174 valence electrons. The Morgan fingerprint density at radius 1 is 0.471 bits per heavy atom. The van der Waals surface area contributed by atoms with E-state index in [1.807, 2.05) is 0 Å². The van der Waals surface area contributed by atoms with Crippen LogP contribution in [0.5, 0.6) is 0 Å². The van der Waals surface area contributed by atoms with Gasteiger partial charge in [0.2, 0.25) is 0 Å². The van der Waals surface area contributed by atoms with Gasteiger partial charge in [-0.25, -0.2) is 0 Å². The smallest absolute Gasteiger partial charge is 0.0445 e. The van der Waals surface area contributed by atoms with Crippen molar-refractivity contribution in [3.05, 3.63) is 92.6 Å². The van der Waals surface area contributed by atoms with Gasteiger partial charge in [0.15, 0.2) is 0 Å². The number of pyridine rings is 2. The predicted octanol–water partition coefficient (Wildman–Crippen LogP) is 7.17. The summed E-state index contributed by atoms with van der Waals surface area (Å²) in [5.41, 5.74) is 14.7. The van der Waals surface area contributed by atoms with Crippen molar-refractivity contribution in [3.63, 3.8) is 0 Å². The number of nitrogens with zero attached hydrogens (tertiary/aromatic N) is 2. The van der Waals surface area contributed by atoms with Gasteiger partial charge in [0.25, 0.3) is 0 Å². The van der Waals surface area contributed by atoms with Crippen LogP contribution in [0.15, 0.2) is 36.4 Å². The van der Waals surface area contributed by atoms with Gasteiger partial charge in [0.1, 0.15) is 0 Å². The first kappa shape index (κ1) is 20.9. The van der Waals surface area contributed by atoms with Crippen molar-refractivity contribution in [2.75, 3.05) is 0 Å². The van der Waals surface area contributed by atoms with E-state index in [-0.39, 0.29) is 0 Å². The van der Waals surface area contributed by atoms with Crippen molar-refractivity contribution in [1.29, 1.82) is 0 Å². The second kappa shape index (κ2) is 8.63. The number of fused-ring (bicyclic) bond motifs is 4. The monoisotopic (exact) mass is 448 g/mol. The Morgan fingerprint density at radius 2 is 0.882 bits per heavy atom. The number of rotatable bonds is 2. The summed E-state index contributed by atoms with van der Waals surface area (Å²) in [6, 6.07) is 14.8. The van der Waals surface area contributed by atoms with E-state index in [9.17, 15) is 0 Å². The molecule has 0 bridgehead atoms. The van der Waals surface area contributed by atoms with Crippen molar-refractivity contribution >= 4 is 0 Å². The molecule has 2 unspecified atom stereocenters. The molecule has 3 aromatic rings. The summed E-state index contributed by atoms with van der Waals surface area (Å²) in [6.07, 6.45) is 17.5. The Kier molecular flexibility index (Phi) is 5.29. The third-order valence-electron chi connectivity index (χ3n) is 9.13. The van der Waals surface area contributed by atoms with Gasteiger partial charge in [-0.3, -0.25) is 9.97 Å². The van der Waals surface area contributed by atoms with Crippen LogP contribution in [0.1, 0.15) is 119 Å². The third kappa shape index (κ3) is 3.61. The minimum atomic E-state index is 0.518. The summed E-state index contributed by atoms with van der Waals surface area (Å²) >= 11 is 0. The number of hydrogen-bond donors (Lipinski definition) is 0. The molecule has 2 nitrogen and oxygen atoms in total. The molecule has 0 saturated heterocycles. The van der Waals surface area contributed by atoms with E-state index < -0.39 is 0 Å². The van der Waals surface area contributed by atoms with Crippen LogP contribution in [0.25, 0.3) is 0 Å². The van der Waals surface area contributed by atoms with Gasteiger partial charge in [-0.2, -0.15) is 0 Å². The fourth-order valence-corrected chi connectivity index (χ4v) is 7.30. The second-order valence-corrected chi connectivity index (χ2v) is 11.2. The molecule has 0 saturated carbocycles. The highest BCUT2D eigenvalue weighted by Gasteiger charge is 2.28. The molecule has 2 heteroatoms. The average Bonchev–Trinajstić information content (AvgIpc) is 2.90. The average molecular weight is 449 g/mol. The summed E-state index contributed by atoms with van der Waals surface area (Å²) in [6.45, 7) is 0. The van der Waals surface area contributed by atoms with Crippen molar-refractivity contribution in [1.82, 2.24) is 9.97 Å². The van der Waals surface area contributed by atoms with Crippen LogP contribution in [0, 0.1) is 0 Å². The highest BCUT2D eigenvalue weighted by molar-refractivity contribution is 5.45. The Morgan fingerprint density at radius 3 is 1.35 bits per heavy atom. The fourth-order valence-electron chi connectivity index (χ4n) is 7.30. The van der Waals surface area contributed by atoms with Crippen LogP contribution in [0.4, 0.5) is 0 Å². The second-order valence-electron chi connectivity index (χ2n) is 11.2. The molecule has 2 aromatic heterocycles. The Balaban J connectivity index is 1.20. The lowest BCUT2D eigenvalue weighted by Gasteiger charge is -2.30. The summed E-state index contributed by atoms with van der Waals surface area (Å²) in [5, 5.41) is 0. The van der Waals surface area contributed by atoms with E-state index in [2.05, 4.69) is 36.4 Å². The molecule has 4 aliphatic rings. The molecule has 2 atom stereocenters. The number of aryl methyl sites for hydroxylation is 6. The molecule has 0 N–H and O–H groups in total. The van der Waals surface area contributed by atoms with Crippen molar-refractivity contribution in [3.8, 4) is 0 Å². The minimum absolute atomic E-state index is 0.518. The summed E-state index contributed by atoms with van der Waals surface area (Å²) in [5.74, 6) is 1.04. The van der Waals surface area contributed by atoms with Gasteiger partial charge in [-0.05, 0) is 123 Å². The zero-order chi connectivity index (χ0) is 22.5. The standard InChI is InChI=1S/C32H36N2/c1-3-11-29-23(7-1)19-27-25(9-5-13-31(27)33-29)21-15-17-22(18-16-21)26-10-6-14-32-28(26)20-24-8-2-4-12-30(24)34-32/h15-20,25-26H,1-14H2. The maximum Gasteiger partial charge on any atom is 0.0445 e. The van der Waals surface area contributed by atoms with E-state index >= 15 is 0 Å². The number of benzene rings is 1. The predicted molar refractivity (Wildman–Crippen MR) is 138 cm³/mol. The van der Waals surface area contributed by atoms with Gasteiger partial charge >= 0.3 is 0 Å². The Bertz CT molecular complexity index is 1130. The maximum atomic E-state index is 5.17. The quantitative estimate of drug-likeness (QED) is 0.415. The molecular formula is C32H36N2. The lowest BCUT2D eigenvalue weighted by Crippen LogP contribution is -2.18. The first-order valence-electron chi connectivity index (χ1n) is 14.0. The third-order valence-corrected chi connectivity index (χ3v) is 9.13. The SMILES string of the molecule is c1cc(C2CCCc3nc4c(cc32)CCCC4)ccc1C1CCCc2nc3c(cc21)CCCC3. The number of hydrogen-bond acceptors (Lipinski definition) is 2. The lowest BCUT2D eigenvalue weighted by atomic mass is 9.77. The van der Waals surface area contributed by atoms with Gasteiger partial charge in [0, 0.05) is 34.6 Å².